The van der Waals surface area contributed by atoms with E-state index in [1.165, 1.54) is 11.9 Å². The number of aromatic nitrogens is 3. The molecule has 1 rings (SSSR count). The average molecular weight is 294 g/mol. The normalized spacial score (nSPS) is 11.3. The summed E-state index contributed by atoms with van der Waals surface area (Å²) in [4.78, 5) is 12.9. The zero-order chi connectivity index (χ0) is 15.2. The van der Waals surface area contributed by atoms with Crippen molar-refractivity contribution in [2.24, 2.45) is 5.84 Å². The van der Waals surface area contributed by atoms with Gasteiger partial charge in [0.1, 0.15) is 0 Å². The molecule has 0 radical (unpaired) electrons. The molecule has 0 unspecified atom stereocenters. The lowest BCUT2D eigenvalue weighted by molar-refractivity contribution is -0.132. The first kappa shape index (κ1) is 16.2. The maximum atomic E-state index is 12.2. The number of halogens is 3. The van der Waals surface area contributed by atoms with Crippen LogP contribution in [0.2, 0.25) is 0 Å². The smallest absolute Gasteiger partial charge is 0.390 e. The van der Waals surface area contributed by atoms with E-state index in [-0.39, 0.29) is 24.5 Å². The molecule has 0 aliphatic rings. The van der Waals surface area contributed by atoms with E-state index >= 15 is 0 Å². The molecular weight excluding hydrogens is 277 g/mol. The summed E-state index contributed by atoms with van der Waals surface area (Å²) >= 11 is 0. The van der Waals surface area contributed by atoms with Gasteiger partial charge in [0.05, 0.1) is 13.0 Å². The van der Waals surface area contributed by atoms with Gasteiger partial charge in [0, 0.05) is 13.6 Å². The highest BCUT2D eigenvalue weighted by molar-refractivity contribution is 5.36. The van der Waals surface area contributed by atoms with Crippen LogP contribution in [-0.4, -0.2) is 41.3 Å². The Morgan fingerprint density at radius 1 is 1.30 bits per heavy atom. The Balaban J connectivity index is 2.81. The molecule has 0 spiro atoms. The Kier molecular flexibility index (Phi) is 5.74. The van der Waals surface area contributed by atoms with E-state index < -0.39 is 12.6 Å². The Hall–Kier alpha value is -1.84. The number of hydrogen-bond acceptors (Lipinski definition) is 7. The molecule has 0 amide bonds. The lowest BCUT2D eigenvalue weighted by Gasteiger charge is -2.18. The van der Waals surface area contributed by atoms with Gasteiger partial charge in [0.2, 0.25) is 11.9 Å². The topological polar surface area (TPSA) is 89.2 Å². The van der Waals surface area contributed by atoms with E-state index in [1.54, 1.807) is 0 Å². The van der Waals surface area contributed by atoms with Crippen LogP contribution in [-0.2, 0) is 0 Å². The fourth-order valence-electron chi connectivity index (χ4n) is 1.23. The van der Waals surface area contributed by atoms with E-state index in [4.69, 9.17) is 10.6 Å². The van der Waals surface area contributed by atoms with Gasteiger partial charge in [-0.15, -0.1) is 0 Å². The van der Waals surface area contributed by atoms with Crippen molar-refractivity contribution in [3.8, 4) is 6.01 Å². The van der Waals surface area contributed by atoms with Gasteiger partial charge in [-0.2, -0.15) is 28.1 Å². The highest BCUT2D eigenvalue weighted by atomic mass is 19.4. The number of nitrogens with one attached hydrogen (secondary N) is 1. The third-order valence-electron chi connectivity index (χ3n) is 2.24. The number of nitrogens with two attached hydrogens (primary N) is 1. The molecule has 1 heterocycles. The largest absolute Gasteiger partial charge is 0.463 e. The summed E-state index contributed by atoms with van der Waals surface area (Å²) in [6.45, 7) is 2.02. The number of alkyl halides is 3. The van der Waals surface area contributed by atoms with E-state index in [1.807, 2.05) is 6.92 Å². The lowest BCUT2D eigenvalue weighted by atomic mass is 10.4. The summed E-state index contributed by atoms with van der Waals surface area (Å²) in [5.74, 6) is 5.29. The second-order valence-electron chi connectivity index (χ2n) is 4.02. The lowest BCUT2D eigenvalue weighted by Crippen LogP contribution is -2.26. The summed E-state index contributed by atoms with van der Waals surface area (Å²) in [7, 11) is 1.45. The first-order valence-corrected chi connectivity index (χ1v) is 5.99. The molecule has 114 valence electrons. The van der Waals surface area contributed by atoms with E-state index in [9.17, 15) is 13.2 Å². The maximum Gasteiger partial charge on any atom is 0.390 e. The quantitative estimate of drug-likeness (QED) is 0.579. The highest BCUT2D eigenvalue weighted by Gasteiger charge is 2.27. The maximum absolute atomic E-state index is 12.2. The van der Waals surface area contributed by atoms with E-state index in [0.717, 1.165) is 6.42 Å². The molecule has 0 bridgehead atoms. The first-order chi connectivity index (χ1) is 9.35. The van der Waals surface area contributed by atoms with Gasteiger partial charge >= 0.3 is 12.2 Å². The number of rotatable bonds is 7. The third kappa shape index (κ3) is 5.43. The van der Waals surface area contributed by atoms with E-state index in [2.05, 4.69) is 20.4 Å². The molecule has 0 aliphatic carbocycles. The fourth-order valence-corrected chi connectivity index (χ4v) is 1.23. The highest BCUT2D eigenvalue weighted by Crippen LogP contribution is 2.21. The number of hydrogen-bond donors (Lipinski definition) is 2. The number of nitrogen functional groups attached to an aromatic ring is 1. The van der Waals surface area contributed by atoms with Crippen molar-refractivity contribution in [1.82, 2.24) is 15.0 Å². The van der Waals surface area contributed by atoms with Crippen LogP contribution in [0.25, 0.3) is 0 Å². The van der Waals surface area contributed by atoms with Crippen LogP contribution < -0.4 is 20.9 Å². The fraction of sp³-hybridized carbons (Fsp3) is 0.700. The molecule has 1 aromatic rings. The summed E-state index contributed by atoms with van der Waals surface area (Å²) in [5, 5.41) is 0. The van der Waals surface area contributed by atoms with Gasteiger partial charge in [-0.1, -0.05) is 6.92 Å². The van der Waals surface area contributed by atoms with Gasteiger partial charge in [0.15, 0.2) is 0 Å². The van der Waals surface area contributed by atoms with Gasteiger partial charge in [0.25, 0.3) is 0 Å². The van der Waals surface area contributed by atoms with Crippen molar-refractivity contribution >= 4 is 11.9 Å². The second-order valence-corrected chi connectivity index (χ2v) is 4.02. The number of nitrogens with zero attached hydrogens (tertiary/aromatic N) is 4. The predicted molar refractivity (Wildman–Crippen MR) is 67.4 cm³/mol. The van der Waals surface area contributed by atoms with Crippen LogP contribution in [0.1, 0.15) is 19.8 Å². The Bertz CT molecular complexity index is 428. The summed E-state index contributed by atoms with van der Waals surface area (Å²) < 4.78 is 41.8. The summed E-state index contributed by atoms with van der Waals surface area (Å²) in [5.41, 5.74) is 2.22. The van der Waals surface area contributed by atoms with Crippen LogP contribution in [0, 0.1) is 0 Å². The predicted octanol–water partition coefficient (Wildman–Crippen LogP) is 1.33. The van der Waals surface area contributed by atoms with Crippen LogP contribution in [0.4, 0.5) is 25.1 Å². The molecule has 0 atom stereocenters. The van der Waals surface area contributed by atoms with Crippen LogP contribution in [0.3, 0.4) is 0 Å². The zero-order valence-corrected chi connectivity index (χ0v) is 11.2. The molecule has 0 fully saturated rings. The number of hydrazine groups is 1. The van der Waals surface area contributed by atoms with Gasteiger partial charge in [-0.25, -0.2) is 5.84 Å². The van der Waals surface area contributed by atoms with E-state index in [0.29, 0.717) is 6.61 Å². The second kappa shape index (κ2) is 7.08. The molecule has 1 aromatic heterocycles. The zero-order valence-electron chi connectivity index (χ0n) is 11.2. The standard InChI is InChI=1S/C10H17F3N6O/c1-3-6-20-9-16-7(18-14)15-8(17-9)19(2)5-4-10(11,12)13/h3-6,14H2,1-2H3,(H,15,16,17,18). The van der Waals surface area contributed by atoms with Gasteiger partial charge in [-0.3, -0.25) is 5.43 Å². The molecular formula is C10H17F3N6O. The van der Waals surface area contributed by atoms with Crippen molar-refractivity contribution in [1.29, 1.82) is 0 Å². The average Bonchev–Trinajstić information content (AvgIpc) is 2.41. The Labute approximate surface area is 114 Å². The van der Waals surface area contributed by atoms with Crippen molar-refractivity contribution < 1.29 is 17.9 Å². The van der Waals surface area contributed by atoms with Crippen molar-refractivity contribution in [2.45, 2.75) is 25.9 Å². The molecule has 0 aliphatic heterocycles. The monoisotopic (exact) mass is 294 g/mol. The third-order valence-corrected chi connectivity index (χ3v) is 2.24. The van der Waals surface area contributed by atoms with Gasteiger partial charge < -0.3 is 9.64 Å². The van der Waals surface area contributed by atoms with Crippen LogP contribution >= 0.6 is 0 Å². The number of anilines is 2. The summed E-state index contributed by atoms with van der Waals surface area (Å²) in [6.07, 6.45) is -4.46. The van der Waals surface area contributed by atoms with Crippen molar-refractivity contribution in [2.75, 3.05) is 30.5 Å². The molecule has 10 heteroatoms. The minimum atomic E-state index is -4.24. The van der Waals surface area contributed by atoms with Crippen molar-refractivity contribution in [3.05, 3.63) is 0 Å². The minimum Gasteiger partial charge on any atom is -0.463 e. The Morgan fingerprint density at radius 3 is 2.55 bits per heavy atom. The molecule has 0 aromatic carbocycles. The van der Waals surface area contributed by atoms with Crippen molar-refractivity contribution in [3.63, 3.8) is 0 Å². The van der Waals surface area contributed by atoms with Crippen LogP contribution in [0.5, 0.6) is 6.01 Å². The SMILES string of the molecule is CCCOc1nc(NN)nc(N(C)CCC(F)(F)F)n1. The summed E-state index contributed by atoms with van der Waals surface area (Å²) in [6, 6.07) is 0.0173. The number of ether oxygens (including phenoxy) is 1. The van der Waals surface area contributed by atoms with Gasteiger partial charge in [-0.05, 0) is 6.42 Å². The molecule has 0 saturated carbocycles. The minimum absolute atomic E-state index is 0.0173. The molecule has 3 N–H and O–H groups in total. The Morgan fingerprint density at radius 2 is 2.00 bits per heavy atom. The van der Waals surface area contributed by atoms with Crippen LogP contribution in [0.15, 0.2) is 0 Å². The first-order valence-electron chi connectivity index (χ1n) is 5.99. The molecule has 7 nitrogen and oxygen atoms in total. The molecule has 0 saturated heterocycles. The molecule has 20 heavy (non-hydrogen) atoms.